The molecule has 1 fully saturated rings. The molecule has 0 saturated carbocycles. The first kappa shape index (κ1) is 18.2. The van der Waals surface area contributed by atoms with Crippen LogP contribution in [0.4, 0.5) is 10.1 Å². The molecule has 1 N–H and O–H groups in total. The molecule has 144 valence electrons. The monoisotopic (exact) mass is 379 g/mol. The number of methoxy groups -OCH3 is 1. The van der Waals surface area contributed by atoms with Crippen LogP contribution in [-0.4, -0.2) is 36.0 Å². The number of nitrogens with one attached hydrogen (secondary N) is 1. The summed E-state index contributed by atoms with van der Waals surface area (Å²) in [6.07, 6.45) is 3.61. The summed E-state index contributed by atoms with van der Waals surface area (Å²) in [7, 11) is 1.62. The Balaban J connectivity index is 1.73. The summed E-state index contributed by atoms with van der Waals surface area (Å²) in [5.74, 6) is 0.340. The van der Waals surface area contributed by atoms with Crippen molar-refractivity contribution in [1.29, 1.82) is 0 Å². The molecule has 2 heterocycles. The molecule has 1 aromatic heterocycles. The largest absolute Gasteiger partial charge is 0.497 e. The van der Waals surface area contributed by atoms with E-state index in [1.807, 2.05) is 29.2 Å². The Morgan fingerprint density at radius 2 is 2.04 bits per heavy atom. The minimum atomic E-state index is -0.357. The van der Waals surface area contributed by atoms with Gasteiger partial charge in [-0.05, 0) is 48.7 Å². The zero-order valence-corrected chi connectivity index (χ0v) is 15.7. The van der Waals surface area contributed by atoms with E-state index in [-0.39, 0.29) is 11.7 Å². The van der Waals surface area contributed by atoms with Gasteiger partial charge in [-0.1, -0.05) is 12.1 Å². The number of hydrogen-bond donors (Lipinski definition) is 1. The van der Waals surface area contributed by atoms with Crippen LogP contribution in [0.1, 0.15) is 28.8 Å². The fourth-order valence-corrected chi connectivity index (χ4v) is 3.58. The number of hydrogen-bond acceptors (Lipinski definition) is 4. The second kappa shape index (κ2) is 7.84. The molecule has 1 aliphatic heterocycles. The van der Waals surface area contributed by atoms with E-state index in [0.29, 0.717) is 28.7 Å². The number of likely N-dealkylation sites (tertiary alicyclic amines) is 1. The number of amides is 1. The molecule has 3 aromatic rings. The minimum absolute atomic E-state index is 0.0655. The molecule has 0 bridgehead atoms. The maximum atomic E-state index is 13.9. The van der Waals surface area contributed by atoms with Crippen LogP contribution >= 0.6 is 0 Å². The number of halogens is 1. The SMILES string of the molecule is COc1cccc(CNc2c(C(=O)N3CCCC3)cnc3ccc(F)cc23)c1. The maximum absolute atomic E-state index is 13.9. The van der Waals surface area contributed by atoms with E-state index in [2.05, 4.69) is 10.3 Å². The standard InChI is InChI=1S/C22H22FN3O2/c1-28-17-6-4-5-15(11-17)13-25-21-18-12-16(23)7-8-20(18)24-14-19(21)22(27)26-9-2-3-10-26/h4-8,11-12,14H,2-3,9-10,13H2,1H3,(H,24,25). The van der Waals surface area contributed by atoms with E-state index in [4.69, 9.17) is 4.74 Å². The first-order chi connectivity index (χ1) is 13.7. The van der Waals surface area contributed by atoms with Gasteiger partial charge in [0.15, 0.2) is 0 Å². The highest BCUT2D eigenvalue weighted by Crippen LogP contribution is 2.29. The molecule has 0 unspecified atom stereocenters. The smallest absolute Gasteiger partial charge is 0.257 e. The second-order valence-corrected chi connectivity index (χ2v) is 6.91. The average molecular weight is 379 g/mol. The van der Waals surface area contributed by atoms with Crippen LogP contribution in [0.15, 0.2) is 48.7 Å². The van der Waals surface area contributed by atoms with Crippen LogP contribution in [0.5, 0.6) is 5.75 Å². The summed E-state index contributed by atoms with van der Waals surface area (Å²) in [5, 5.41) is 3.95. The number of carbonyl (C=O) groups is 1. The number of anilines is 1. The van der Waals surface area contributed by atoms with Gasteiger partial charge in [-0.2, -0.15) is 0 Å². The number of benzene rings is 2. The number of pyridine rings is 1. The molecular weight excluding hydrogens is 357 g/mol. The third-order valence-corrected chi connectivity index (χ3v) is 5.06. The number of carbonyl (C=O) groups excluding carboxylic acids is 1. The summed E-state index contributed by atoms with van der Waals surface area (Å²) in [5.41, 5.74) is 2.74. The summed E-state index contributed by atoms with van der Waals surface area (Å²) in [4.78, 5) is 19.3. The van der Waals surface area contributed by atoms with E-state index in [1.54, 1.807) is 19.4 Å². The van der Waals surface area contributed by atoms with Crippen LogP contribution in [-0.2, 0) is 6.54 Å². The molecule has 1 aliphatic rings. The number of aromatic nitrogens is 1. The predicted octanol–water partition coefficient (Wildman–Crippen LogP) is 4.23. The average Bonchev–Trinajstić information content (AvgIpc) is 3.26. The molecule has 1 amide bonds. The van der Waals surface area contributed by atoms with Crippen molar-refractivity contribution in [2.24, 2.45) is 0 Å². The second-order valence-electron chi connectivity index (χ2n) is 6.91. The fraction of sp³-hybridized carbons (Fsp3) is 0.273. The van der Waals surface area contributed by atoms with Crippen LogP contribution in [0.3, 0.4) is 0 Å². The molecule has 0 spiro atoms. The van der Waals surface area contributed by atoms with Crippen molar-refractivity contribution in [3.63, 3.8) is 0 Å². The van der Waals surface area contributed by atoms with E-state index in [9.17, 15) is 9.18 Å². The summed E-state index contributed by atoms with van der Waals surface area (Å²) in [6.45, 7) is 1.97. The van der Waals surface area contributed by atoms with Gasteiger partial charge in [0.25, 0.3) is 5.91 Å². The lowest BCUT2D eigenvalue weighted by atomic mass is 10.1. The molecule has 0 radical (unpaired) electrons. The van der Waals surface area contributed by atoms with Crippen molar-refractivity contribution in [3.05, 3.63) is 65.6 Å². The zero-order valence-electron chi connectivity index (χ0n) is 15.7. The van der Waals surface area contributed by atoms with Crippen LogP contribution in [0, 0.1) is 5.82 Å². The van der Waals surface area contributed by atoms with Gasteiger partial charge >= 0.3 is 0 Å². The molecule has 0 atom stereocenters. The molecule has 0 aliphatic carbocycles. The zero-order chi connectivity index (χ0) is 19.5. The van der Waals surface area contributed by atoms with E-state index >= 15 is 0 Å². The van der Waals surface area contributed by atoms with Crippen molar-refractivity contribution < 1.29 is 13.9 Å². The highest BCUT2D eigenvalue weighted by molar-refractivity contribution is 6.07. The summed E-state index contributed by atoms with van der Waals surface area (Å²) >= 11 is 0. The van der Waals surface area contributed by atoms with Crippen LogP contribution in [0.25, 0.3) is 10.9 Å². The molecule has 28 heavy (non-hydrogen) atoms. The van der Waals surface area contributed by atoms with E-state index in [0.717, 1.165) is 37.2 Å². The Kier molecular flexibility index (Phi) is 5.10. The molecule has 4 rings (SSSR count). The molecule has 6 heteroatoms. The Hall–Kier alpha value is -3.15. The van der Waals surface area contributed by atoms with Gasteiger partial charge in [0, 0.05) is 31.2 Å². The minimum Gasteiger partial charge on any atom is -0.497 e. The number of nitrogens with zero attached hydrogens (tertiary/aromatic N) is 2. The van der Waals surface area contributed by atoms with Crippen molar-refractivity contribution in [2.75, 3.05) is 25.5 Å². The summed E-state index contributed by atoms with van der Waals surface area (Å²) < 4.78 is 19.2. The third-order valence-electron chi connectivity index (χ3n) is 5.06. The molecule has 2 aromatic carbocycles. The Morgan fingerprint density at radius 3 is 2.82 bits per heavy atom. The van der Waals surface area contributed by atoms with Crippen LogP contribution in [0.2, 0.25) is 0 Å². The highest BCUT2D eigenvalue weighted by atomic mass is 19.1. The van der Waals surface area contributed by atoms with Crippen LogP contribution < -0.4 is 10.1 Å². The van der Waals surface area contributed by atoms with Gasteiger partial charge in [-0.25, -0.2) is 4.39 Å². The lowest BCUT2D eigenvalue weighted by molar-refractivity contribution is 0.0793. The van der Waals surface area contributed by atoms with E-state index in [1.165, 1.54) is 12.1 Å². The number of fused-ring (bicyclic) bond motifs is 1. The fourth-order valence-electron chi connectivity index (χ4n) is 3.58. The highest BCUT2D eigenvalue weighted by Gasteiger charge is 2.23. The van der Waals surface area contributed by atoms with Gasteiger partial charge in [0.05, 0.1) is 23.9 Å². The Morgan fingerprint density at radius 1 is 1.21 bits per heavy atom. The predicted molar refractivity (Wildman–Crippen MR) is 107 cm³/mol. The normalized spacial score (nSPS) is 13.7. The maximum Gasteiger partial charge on any atom is 0.257 e. The third kappa shape index (κ3) is 3.63. The van der Waals surface area contributed by atoms with Gasteiger partial charge in [0.2, 0.25) is 0 Å². The first-order valence-corrected chi connectivity index (χ1v) is 9.40. The Labute approximate surface area is 163 Å². The Bertz CT molecular complexity index is 1020. The molecule has 1 saturated heterocycles. The lowest BCUT2D eigenvalue weighted by Gasteiger charge is -2.19. The van der Waals surface area contributed by atoms with Crippen molar-refractivity contribution in [3.8, 4) is 5.75 Å². The van der Waals surface area contributed by atoms with Crippen molar-refractivity contribution >= 4 is 22.5 Å². The lowest BCUT2D eigenvalue weighted by Crippen LogP contribution is -2.28. The van der Waals surface area contributed by atoms with Crippen molar-refractivity contribution in [2.45, 2.75) is 19.4 Å². The van der Waals surface area contributed by atoms with Gasteiger partial charge < -0.3 is 15.0 Å². The van der Waals surface area contributed by atoms with Gasteiger partial charge in [-0.3, -0.25) is 9.78 Å². The van der Waals surface area contributed by atoms with Gasteiger partial charge in [-0.15, -0.1) is 0 Å². The number of ether oxygens (including phenoxy) is 1. The van der Waals surface area contributed by atoms with Gasteiger partial charge in [0.1, 0.15) is 11.6 Å². The van der Waals surface area contributed by atoms with E-state index < -0.39 is 0 Å². The molecular formula is C22H22FN3O2. The number of rotatable bonds is 5. The molecule has 5 nitrogen and oxygen atoms in total. The summed E-state index contributed by atoms with van der Waals surface area (Å²) in [6, 6.07) is 12.1. The topological polar surface area (TPSA) is 54.5 Å². The first-order valence-electron chi connectivity index (χ1n) is 9.40. The quantitative estimate of drug-likeness (QED) is 0.721. The van der Waals surface area contributed by atoms with Crippen molar-refractivity contribution in [1.82, 2.24) is 9.88 Å².